The number of carbonyl (C=O) groups excluding carboxylic acids is 1. The van der Waals surface area contributed by atoms with E-state index in [-0.39, 0.29) is 29.7 Å². The first kappa shape index (κ1) is 25.4. The summed E-state index contributed by atoms with van der Waals surface area (Å²) in [5.74, 6) is 0.369. The Balaban J connectivity index is 1.26. The van der Waals surface area contributed by atoms with Crippen LogP contribution in [0.25, 0.3) is 0 Å². The molecule has 0 N–H and O–H groups in total. The highest BCUT2D eigenvalue weighted by molar-refractivity contribution is 5.73. The van der Waals surface area contributed by atoms with Gasteiger partial charge in [0.1, 0.15) is 6.10 Å². The first-order valence-corrected chi connectivity index (χ1v) is 13.8. The lowest BCUT2D eigenvalue weighted by Crippen LogP contribution is -2.29. The Hall–Kier alpha value is -1.65. The molecule has 0 amide bonds. The smallest absolute Gasteiger partial charge is 0.309 e. The Morgan fingerprint density at radius 2 is 1.65 bits per heavy atom. The normalized spacial score (nSPS) is 30.8. The van der Waals surface area contributed by atoms with Gasteiger partial charge in [0.2, 0.25) is 5.82 Å². The van der Waals surface area contributed by atoms with Crippen molar-refractivity contribution in [3.8, 4) is 5.75 Å². The van der Waals surface area contributed by atoms with Crippen LogP contribution >= 0.6 is 0 Å². The summed E-state index contributed by atoms with van der Waals surface area (Å²) in [6.45, 7) is 4.55. The Kier molecular flexibility index (Phi) is 8.87. The van der Waals surface area contributed by atoms with E-state index in [2.05, 4.69) is 6.92 Å². The molecule has 0 saturated heterocycles. The van der Waals surface area contributed by atoms with Crippen molar-refractivity contribution < 1.29 is 23.0 Å². The van der Waals surface area contributed by atoms with Gasteiger partial charge in [-0.05, 0) is 93.1 Å². The van der Waals surface area contributed by atoms with E-state index >= 15 is 0 Å². The van der Waals surface area contributed by atoms with Gasteiger partial charge in [0.05, 0.1) is 12.5 Å². The summed E-state index contributed by atoms with van der Waals surface area (Å²) >= 11 is 0. The predicted molar refractivity (Wildman–Crippen MR) is 130 cm³/mol. The van der Waals surface area contributed by atoms with Crippen LogP contribution in [0, 0.1) is 35.3 Å². The van der Waals surface area contributed by atoms with Crippen molar-refractivity contribution in [1.82, 2.24) is 0 Å². The van der Waals surface area contributed by atoms with Crippen molar-refractivity contribution in [3.63, 3.8) is 0 Å². The van der Waals surface area contributed by atoms with Crippen LogP contribution in [0.15, 0.2) is 12.1 Å². The van der Waals surface area contributed by atoms with Crippen LogP contribution in [-0.4, -0.2) is 18.7 Å². The van der Waals surface area contributed by atoms with Crippen LogP contribution in [0.1, 0.15) is 109 Å². The van der Waals surface area contributed by atoms with Crippen molar-refractivity contribution in [1.29, 1.82) is 0 Å². The molecule has 1 aromatic carbocycles. The lowest BCUT2D eigenvalue weighted by molar-refractivity contribution is -0.157. The molecule has 0 spiro atoms. The zero-order valence-electron chi connectivity index (χ0n) is 21.0. The van der Waals surface area contributed by atoms with Gasteiger partial charge in [-0.3, -0.25) is 4.79 Å². The van der Waals surface area contributed by atoms with Crippen LogP contribution < -0.4 is 4.74 Å². The van der Waals surface area contributed by atoms with E-state index in [1.165, 1.54) is 44.9 Å². The van der Waals surface area contributed by atoms with Crippen LogP contribution in [0.2, 0.25) is 0 Å². The fourth-order valence-electron chi connectivity index (χ4n) is 6.96. The summed E-state index contributed by atoms with van der Waals surface area (Å²) in [4.78, 5) is 13.1. The minimum absolute atomic E-state index is 0.000177. The van der Waals surface area contributed by atoms with Crippen molar-refractivity contribution in [2.75, 3.05) is 6.61 Å². The number of benzene rings is 1. The quantitative estimate of drug-likeness (QED) is 0.254. The molecule has 5 heteroatoms. The number of hydrogen-bond acceptors (Lipinski definition) is 3. The van der Waals surface area contributed by atoms with Crippen molar-refractivity contribution in [2.24, 2.45) is 23.7 Å². The molecule has 3 saturated carbocycles. The second-order valence-corrected chi connectivity index (χ2v) is 10.9. The van der Waals surface area contributed by atoms with Gasteiger partial charge in [-0.1, -0.05) is 45.6 Å². The van der Waals surface area contributed by atoms with E-state index in [0.29, 0.717) is 49.7 Å². The van der Waals surface area contributed by atoms with Crippen LogP contribution in [-0.2, 0) is 9.53 Å². The fraction of sp³-hybridized carbons (Fsp3) is 0.759. The number of rotatable bonds is 10. The Bertz CT molecular complexity index is 818. The van der Waals surface area contributed by atoms with Gasteiger partial charge >= 0.3 is 5.97 Å². The van der Waals surface area contributed by atoms with Gasteiger partial charge in [-0.15, -0.1) is 0 Å². The van der Waals surface area contributed by atoms with Gasteiger partial charge in [0.15, 0.2) is 11.6 Å². The number of ether oxygens (including phenoxy) is 2. The molecule has 34 heavy (non-hydrogen) atoms. The molecular formula is C29H42F2O3. The van der Waals surface area contributed by atoms with Gasteiger partial charge in [0, 0.05) is 0 Å². The lowest BCUT2D eigenvalue weighted by Gasteiger charge is -2.30. The van der Waals surface area contributed by atoms with E-state index < -0.39 is 11.6 Å². The number of unbranched alkanes of at least 4 members (excludes halogenated alkanes) is 2. The van der Waals surface area contributed by atoms with E-state index in [1.54, 1.807) is 12.1 Å². The average molecular weight is 477 g/mol. The van der Waals surface area contributed by atoms with E-state index in [4.69, 9.17) is 9.47 Å². The number of hydrogen-bond donors (Lipinski definition) is 0. The van der Waals surface area contributed by atoms with Crippen LogP contribution in [0.4, 0.5) is 8.78 Å². The third kappa shape index (κ3) is 5.60. The molecule has 0 bridgehead atoms. The zero-order valence-corrected chi connectivity index (χ0v) is 21.0. The second-order valence-electron chi connectivity index (χ2n) is 10.9. The van der Waals surface area contributed by atoms with Crippen molar-refractivity contribution in [3.05, 3.63) is 29.3 Å². The number of carbonyl (C=O) groups is 1. The zero-order chi connectivity index (χ0) is 24.1. The monoisotopic (exact) mass is 476 g/mol. The number of fused-ring (bicyclic) bond motifs is 1. The highest BCUT2D eigenvalue weighted by atomic mass is 19.2. The molecule has 3 aliphatic rings. The lowest BCUT2D eigenvalue weighted by atomic mass is 9.82. The Labute approximate surface area is 204 Å². The highest BCUT2D eigenvalue weighted by Gasteiger charge is 2.48. The van der Waals surface area contributed by atoms with Crippen molar-refractivity contribution >= 4 is 5.97 Å². The SMILES string of the molecule is CCCCCC1CCC2C(C(=O)OC3CCC(c4ccc(OCCC)c(F)c4F)CC3)CCC12. The third-order valence-corrected chi connectivity index (χ3v) is 8.77. The molecule has 0 heterocycles. The van der Waals surface area contributed by atoms with Gasteiger partial charge in [-0.25, -0.2) is 4.39 Å². The summed E-state index contributed by atoms with van der Waals surface area (Å²) in [6, 6.07) is 3.21. The standard InChI is InChI=1S/C29H42F2O3/c1-3-5-6-7-19-10-13-24-22(19)14-15-25(24)29(32)34-21-11-8-20(9-12-21)23-16-17-26(33-18-4-2)28(31)27(23)30/h16-17,19-22,24-25H,3-15,18H2,1-2H3. The summed E-state index contributed by atoms with van der Waals surface area (Å²) in [6.07, 6.45) is 13.3. The largest absolute Gasteiger partial charge is 0.490 e. The van der Waals surface area contributed by atoms with Gasteiger partial charge < -0.3 is 9.47 Å². The molecule has 0 aliphatic heterocycles. The Morgan fingerprint density at radius 1 is 0.882 bits per heavy atom. The number of halogens is 2. The van der Waals surface area contributed by atoms with Gasteiger partial charge in [-0.2, -0.15) is 4.39 Å². The van der Waals surface area contributed by atoms with Crippen molar-refractivity contribution in [2.45, 2.75) is 109 Å². The van der Waals surface area contributed by atoms with E-state index in [9.17, 15) is 13.6 Å². The molecule has 0 radical (unpaired) electrons. The molecule has 3 fully saturated rings. The summed E-state index contributed by atoms with van der Waals surface area (Å²) in [7, 11) is 0. The molecule has 4 atom stereocenters. The van der Waals surface area contributed by atoms with Gasteiger partial charge in [0.25, 0.3) is 0 Å². The maximum atomic E-state index is 14.7. The topological polar surface area (TPSA) is 35.5 Å². The molecular weight excluding hydrogens is 434 g/mol. The fourth-order valence-corrected chi connectivity index (χ4v) is 6.96. The molecule has 4 unspecified atom stereocenters. The molecule has 3 aliphatic carbocycles. The summed E-state index contributed by atoms with van der Waals surface area (Å²) in [5, 5.41) is 0. The van der Waals surface area contributed by atoms with E-state index in [0.717, 1.165) is 18.8 Å². The first-order chi connectivity index (χ1) is 16.5. The molecule has 3 nitrogen and oxygen atoms in total. The number of esters is 1. The minimum atomic E-state index is -0.889. The molecule has 190 valence electrons. The third-order valence-electron chi connectivity index (χ3n) is 8.77. The van der Waals surface area contributed by atoms with E-state index in [1.807, 2.05) is 6.92 Å². The first-order valence-electron chi connectivity index (χ1n) is 13.8. The second kappa shape index (κ2) is 11.9. The minimum Gasteiger partial charge on any atom is -0.490 e. The maximum absolute atomic E-state index is 14.7. The summed E-state index contributed by atoms with van der Waals surface area (Å²) < 4.78 is 40.4. The Morgan fingerprint density at radius 3 is 2.38 bits per heavy atom. The van der Waals surface area contributed by atoms with Crippen LogP contribution in [0.3, 0.4) is 0 Å². The highest BCUT2D eigenvalue weighted by Crippen LogP contribution is 2.52. The average Bonchev–Trinajstić information content (AvgIpc) is 3.44. The summed E-state index contributed by atoms with van der Waals surface area (Å²) in [5.41, 5.74) is 0.421. The maximum Gasteiger partial charge on any atom is 0.309 e. The van der Waals surface area contributed by atoms with Crippen LogP contribution in [0.5, 0.6) is 5.75 Å². The molecule has 4 rings (SSSR count). The predicted octanol–water partition coefficient (Wildman–Crippen LogP) is 7.96. The molecule has 0 aromatic heterocycles. The molecule has 1 aromatic rings.